The summed E-state index contributed by atoms with van der Waals surface area (Å²) in [6, 6.07) is 0.566. The van der Waals surface area contributed by atoms with E-state index >= 15 is 0 Å². The lowest BCUT2D eigenvalue weighted by molar-refractivity contribution is 0.0838. The van der Waals surface area contributed by atoms with Crippen LogP contribution in [0.2, 0.25) is 0 Å². The van der Waals surface area contributed by atoms with Crippen molar-refractivity contribution in [2.45, 2.75) is 19.0 Å². The summed E-state index contributed by atoms with van der Waals surface area (Å²) in [5, 5.41) is 0. The highest BCUT2D eigenvalue weighted by Crippen LogP contribution is 2.14. The highest BCUT2D eigenvalue weighted by Gasteiger charge is 2.32. The topological polar surface area (TPSA) is 63.4 Å². The third-order valence-electron chi connectivity index (χ3n) is 2.39. The quantitative estimate of drug-likeness (QED) is 0.627. The van der Waals surface area contributed by atoms with E-state index in [-0.39, 0.29) is 11.8 Å². The van der Waals surface area contributed by atoms with Crippen molar-refractivity contribution in [3.8, 4) is 0 Å². The molecule has 1 fully saturated rings. The van der Waals surface area contributed by atoms with E-state index in [1.165, 1.54) is 6.26 Å². The average Bonchev–Trinajstić information content (AvgIpc) is 1.95. The van der Waals surface area contributed by atoms with Gasteiger partial charge in [0.1, 0.15) is 9.84 Å². The van der Waals surface area contributed by atoms with Gasteiger partial charge in [-0.3, -0.25) is 4.90 Å². The Hall–Kier alpha value is -0.130. The third kappa shape index (κ3) is 2.43. The van der Waals surface area contributed by atoms with Crippen LogP contribution in [0.5, 0.6) is 0 Å². The predicted octanol–water partition coefficient (Wildman–Crippen LogP) is -0.938. The van der Waals surface area contributed by atoms with Crippen molar-refractivity contribution in [2.24, 2.45) is 5.73 Å². The Morgan fingerprint density at radius 1 is 1.58 bits per heavy atom. The van der Waals surface area contributed by atoms with Crippen molar-refractivity contribution < 1.29 is 8.42 Å². The van der Waals surface area contributed by atoms with Crippen LogP contribution >= 0.6 is 0 Å². The molecule has 0 aliphatic carbocycles. The van der Waals surface area contributed by atoms with Gasteiger partial charge in [0.05, 0.1) is 5.75 Å². The van der Waals surface area contributed by atoms with Crippen LogP contribution in [0.1, 0.15) is 6.92 Å². The molecule has 1 heterocycles. The first-order chi connectivity index (χ1) is 5.40. The van der Waals surface area contributed by atoms with Crippen molar-refractivity contribution in [1.82, 2.24) is 4.90 Å². The van der Waals surface area contributed by atoms with E-state index < -0.39 is 9.84 Å². The van der Waals surface area contributed by atoms with Gasteiger partial charge in [-0.15, -0.1) is 0 Å². The van der Waals surface area contributed by atoms with E-state index in [0.29, 0.717) is 12.6 Å². The van der Waals surface area contributed by atoms with Crippen LogP contribution in [0.3, 0.4) is 0 Å². The number of likely N-dealkylation sites (tertiary alicyclic amines) is 1. The summed E-state index contributed by atoms with van der Waals surface area (Å²) in [6.07, 6.45) is 1.26. The summed E-state index contributed by atoms with van der Waals surface area (Å²) in [6.45, 7) is 3.47. The molecule has 72 valence electrons. The zero-order chi connectivity index (χ0) is 9.35. The lowest BCUT2D eigenvalue weighted by atomic mass is 10.00. The molecule has 1 aliphatic heterocycles. The first-order valence-corrected chi connectivity index (χ1v) is 6.13. The number of rotatable bonds is 3. The fourth-order valence-electron chi connectivity index (χ4n) is 1.30. The summed E-state index contributed by atoms with van der Waals surface area (Å²) >= 11 is 0. The zero-order valence-electron chi connectivity index (χ0n) is 7.53. The van der Waals surface area contributed by atoms with Crippen LogP contribution in [0.25, 0.3) is 0 Å². The van der Waals surface area contributed by atoms with E-state index in [1.807, 2.05) is 6.92 Å². The minimum absolute atomic E-state index is 0.226. The molecule has 0 amide bonds. The van der Waals surface area contributed by atoms with Crippen LogP contribution in [0, 0.1) is 0 Å². The number of hydrogen-bond donors (Lipinski definition) is 1. The Morgan fingerprint density at radius 2 is 2.17 bits per heavy atom. The summed E-state index contributed by atoms with van der Waals surface area (Å²) in [5.41, 5.74) is 5.66. The van der Waals surface area contributed by atoms with Gasteiger partial charge in [0, 0.05) is 31.4 Å². The van der Waals surface area contributed by atoms with Crippen molar-refractivity contribution >= 4 is 9.84 Å². The van der Waals surface area contributed by atoms with Gasteiger partial charge in [0.25, 0.3) is 0 Å². The first kappa shape index (κ1) is 9.95. The Morgan fingerprint density at radius 3 is 2.50 bits per heavy atom. The highest BCUT2D eigenvalue weighted by atomic mass is 32.2. The molecular formula is C7H16N2O2S. The van der Waals surface area contributed by atoms with Gasteiger partial charge in [-0.25, -0.2) is 8.42 Å². The van der Waals surface area contributed by atoms with E-state index in [0.717, 1.165) is 6.54 Å². The van der Waals surface area contributed by atoms with Gasteiger partial charge in [-0.05, 0) is 6.92 Å². The van der Waals surface area contributed by atoms with E-state index in [1.54, 1.807) is 0 Å². The second-order valence-corrected chi connectivity index (χ2v) is 5.79. The molecule has 0 radical (unpaired) electrons. The molecule has 4 nitrogen and oxygen atoms in total. The summed E-state index contributed by atoms with van der Waals surface area (Å²) in [7, 11) is -2.82. The first-order valence-electron chi connectivity index (χ1n) is 4.07. The fraction of sp³-hybridized carbons (Fsp3) is 1.00. The molecule has 0 saturated carbocycles. The van der Waals surface area contributed by atoms with E-state index in [4.69, 9.17) is 5.73 Å². The van der Waals surface area contributed by atoms with Gasteiger partial charge in [-0.1, -0.05) is 0 Å². The molecule has 0 aromatic heterocycles. The van der Waals surface area contributed by atoms with Gasteiger partial charge in [0.2, 0.25) is 0 Å². The van der Waals surface area contributed by atoms with Gasteiger partial charge < -0.3 is 5.73 Å². The zero-order valence-corrected chi connectivity index (χ0v) is 8.34. The maximum Gasteiger partial charge on any atom is 0.148 e. The van der Waals surface area contributed by atoms with Gasteiger partial charge in [0.15, 0.2) is 0 Å². The van der Waals surface area contributed by atoms with Crippen molar-refractivity contribution in [1.29, 1.82) is 0 Å². The van der Waals surface area contributed by atoms with Gasteiger partial charge >= 0.3 is 0 Å². The molecule has 2 N–H and O–H groups in total. The van der Waals surface area contributed by atoms with Gasteiger partial charge in [-0.2, -0.15) is 0 Å². The lowest BCUT2D eigenvalue weighted by Crippen LogP contribution is -2.63. The Bertz CT molecular complexity index is 250. The molecule has 5 heteroatoms. The molecule has 1 saturated heterocycles. The minimum Gasteiger partial charge on any atom is -0.325 e. The number of hydrogen-bond acceptors (Lipinski definition) is 4. The summed E-state index contributed by atoms with van der Waals surface area (Å²) in [5.74, 6) is 0.240. The highest BCUT2D eigenvalue weighted by molar-refractivity contribution is 7.90. The monoisotopic (exact) mass is 192 g/mol. The van der Waals surface area contributed by atoms with Crippen LogP contribution in [0.15, 0.2) is 0 Å². The summed E-state index contributed by atoms with van der Waals surface area (Å²) in [4.78, 5) is 2.09. The molecule has 0 aromatic carbocycles. The minimum atomic E-state index is -2.82. The average molecular weight is 192 g/mol. The number of sulfone groups is 1. The normalized spacial score (nSPS) is 31.6. The number of nitrogens with two attached hydrogens (primary N) is 1. The van der Waals surface area contributed by atoms with Crippen LogP contribution < -0.4 is 5.73 Å². The molecule has 0 spiro atoms. The van der Waals surface area contributed by atoms with Crippen molar-refractivity contribution in [3.05, 3.63) is 0 Å². The molecular weight excluding hydrogens is 176 g/mol. The Kier molecular flexibility index (Phi) is 2.75. The van der Waals surface area contributed by atoms with Crippen LogP contribution in [-0.4, -0.2) is 50.5 Å². The third-order valence-corrected chi connectivity index (χ3v) is 3.31. The van der Waals surface area contributed by atoms with E-state index in [9.17, 15) is 8.42 Å². The SMILES string of the molecule is CC1C(N)CN1CCS(C)(=O)=O. The van der Waals surface area contributed by atoms with E-state index in [2.05, 4.69) is 4.90 Å². The maximum atomic E-state index is 10.8. The summed E-state index contributed by atoms with van der Waals surface area (Å²) < 4.78 is 21.6. The predicted molar refractivity (Wildman–Crippen MR) is 48.7 cm³/mol. The second kappa shape index (κ2) is 3.32. The molecule has 1 rings (SSSR count). The molecule has 0 bridgehead atoms. The molecule has 2 atom stereocenters. The smallest absolute Gasteiger partial charge is 0.148 e. The molecule has 2 unspecified atom stereocenters. The molecule has 0 aromatic rings. The van der Waals surface area contributed by atoms with Crippen LogP contribution in [-0.2, 0) is 9.84 Å². The standard InChI is InChI=1S/C7H16N2O2S/c1-6-7(8)5-9(6)3-4-12(2,10)11/h6-7H,3-5,8H2,1-2H3. The number of nitrogens with zero attached hydrogens (tertiary/aromatic N) is 1. The van der Waals surface area contributed by atoms with Crippen molar-refractivity contribution in [3.63, 3.8) is 0 Å². The maximum absolute atomic E-state index is 10.8. The lowest BCUT2D eigenvalue weighted by Gasteiger charge is -2.44. The fourth-order valence-corrected chi connectivity index (χ4v) is 1.87. The Balaban J connectivity index is 2.27. The second-order valence-electron chi connectivity index (χ2n) is 3.53. The largest absolute Gasteiger partial charge is 0.325 e. The molecule has 1 aliphatic rings. The Labute approximate surface area is 73.6 Å². The van der Waals surface area contributed by atoms with Crippen molar-refractivity contribution in [2.75, 3.05) is 25.1 Å². The molecule has 12 heavy (non-hydrogen) atoms. The van der Waals surface area contributed by atoms with Crippen LogP contribution in [0.4, 0.5) is 0 Å².